The minimum Gasteiger partial charge on any atom is -0.497 e. The smallest absolute Gasteiger partial charge is 0.243 e. The van der Waals surface area contributed by atoms with Gasteiger partial charge in [0.2, 0.25) is 15.9 Å². The van der Waals surface area contributed by atoms with Crippen LogP contribution in [-0.2, 0) is 14.8 Å². The first-order chi connectivity index (χ1) is 15.4. The molecule has 32 heavy (non-hydrogen) atoms. The van der Waals surface area contributed by atoms with E-state index in [0.29, 0.717) is 22.7 Å². The Morgan fingerprint density at radius 3 is 2.16 bits per heavy atom. The third-order valence-electron chi connectivity index (χ3n) is 5.12. The highest BCUT2D eigenvalue weighted by Gasteiger charge is 2.31. The van der Waals surface area contributed by atoms with Gasteiger partial charge in [-0.25, -0.2) is 8.42 Å². The first kappa shape index (κ1) is 23.3. The van der Waals surface area contributed by atoms with Crippen molar-refractivity contribution in [2.24, 2.45) is 0 Å². The molecule has 0 fully saturated rings. The van der Waals surface area contributed by atoms with Crippen molar-refractivity contribution < 1.29 is 22.7 Å². The van der Waals surface area contributed by atoms with Crippen molar-refractivity contribution in [3.05, 3.63) is 84.4 Å². The largest absolute Gasteiger partial charge is 0.497 e. The summed E-state index contributed by atoms with van der Waals surface area (Å²) < 4.78 is 38.2. The van der Waals surface area contributed by atoms with Crippen molar-refractivity contribution in [1.82, 2.24) is 4.31 Å². The predicted molar refractivity (Wildman–Crippen MR) is 123 cm³/mol. The maximum Gasteiger partial charge on any atom is 0.243 e. The lowest BCUT2D eigenvalue weighted by Crippen LogP contribution is -2.33. The van der Waals surface area contributed by atoms with Gasteiger partial charge in [-0.2, -0.15) is 4.31 Å². The number of carbonyl (C=O) groups is 1. The zero-order valence-electron chi connectivity index (χ0n) is 18.2. The molecule has 0 radical (unpaired) electrons. The molecule has 1 N–H and O–H groups in total. The molecule has 3 aromatic rings. The van der Waals surface area contributed by atoms with Gasteiger partial charge in [-0.05, 0) is 42.0 Å². The second kappa shape index (κ2) is 10.3. The van der Waals surface area contributed by atoms with Gasteiger partial charge in [-0.1, -0.05) is 42.5 Å². The predicted octanol–water partition coefficient (Wildman–Crippen LogP) is 4.09. The number of sulfonamides is 1. The third-order valence-corrected chi connectivity index (χ3v) is 7.00. The number of carbonyl (C=O) groups excluding carboxylic acids is 1. The molecular formula is C24H26N2O5S. The maximum absolute atomic E-state index is 13.3. The molecule has 0 saturated heterocycles. The average molecular weight is 455 g/mol. The number of benzene rings is 3. The first-order valence-electron chi connectivity index (χ1n) is 9.96. The Morgan fingerprint density at radius 2 is 1.53 bits per heavy atom. The van der Waals surface area contributed by atoms with Gasteiger partial charge in [0.15, 0.2) is 0 Å². The summed E-state index contributed by atoms with van der Waals surface area (Å²) in [5, 5.41) is 2.82. The lowest BCUT2D eigenvalue weighted by molar-refractivity contribution is -0.117. The van der Waals surface area contributed by atoms with Crippen molar-refractivity contribution in [3.63, 3.8) is 0 Å². The van der Waals surface area contributed by atoms with Gasteiger partial charge < -0.3 is 14.8 Å². The summed E-state index contributed by atoms with van der Waals surface area (Å²) in [6.45, 7) is 0. The Morgan fingerprint density at radius 1 is 0.906 bits per heavy atom. The summed E-state index contributed by atoms with van der Waals surface area (Å²) in [5.41, 5.74) is 1.19. The number of hydrogen-bond donors (Lipinski definition) is 1. The summed E-state index contributed by atoms with van der Waals surface area (Å²) in [6, 6.07) is 21.5. The Labute approximate surface area is 188 Å². The standard InChI is InChI=1S/C24H26N2O5S/c1-26(32(28,29)20-9-5-4-6-10-20)22(18-13-15-19(30-2)16-14-18)17-24(27)25-21-11-7-8-12-23(21)31-3/h4-16,22H,17H2,1-3H3,(H,25,27)/t22-/m1/s1. The number of rotatable bonds is 9. The van der Waals surface area contributed by atoms with Gasteiger partial charge in [0.25, 0.3) is 0 Å². The lowest BCUT2D eigenvalue weighted by atomic mass is 10.0. The molecule has 0 aromatic heterocycles. The molecule has 0 heterocycles. The van der Waals surface area contributed by atoms with E-state index in [4.69, 9.17) is 9.47 Å². The average Bonchev–Trinajstić information content (AvgIpc) is 2.83. The molecule has 0 spiro atoms. The van der Waals surface area contributed by atoms with Crippen molar-refractivity contribution in [3.8, 4) is 11.5 Å². The van der Waals surface area contributed by atoms with Crippen molar-refractivity contribution in [2.45, 2.75) is 17.4 Å². The fourth-order valence-electron chi connectivity index (χ4n) is 3.33. The van der Waals surface area contributed by atoms with Crippen LogP contribution in [0.2, 0.25) is 0 Å². The molecule has 1 atom stereocenters. The molecule has 3 rings (SSSR count). The molecular weight excluding hydrogens is 428 g/mol. The number of anilines is 1. The lowest BCUT2D eigenvalue weighted by Gasteiger charge is -2.28. The summed E-state index contributed by atoms with van der Waals surface area (Å²) in [4.78, 5) is 13.1. The van der Waals surface area contributed by atoms with Crippen LogP contribution in [-0.4, -0.2) is 39.9 Å². The maximum atomic E-state index is 13.3. The van der Waals surface area contributed by atoms with Gasteiger partial charge in [0.1, 0.15) is 11.5 Å². The SMILES string of the molecule is COc1ccc([C@@H](CC(=O)Nc2ccccc2OC)N(C)S(=O)(=O)c2ccccc2)cc1. The second-order valence-corrected chi connectivity index (χ2v) is 9.07. The fraction of sp³-hybridized carbons (Fsp3) is 0.208. The van der Waals surface area contributed by atoms with Crippen LogP contribution in [0.3, 0.4) is 0 Å². The highest BCUT2D eigenvalue weighted by Crippen LogP contribution is 2.31. The molecule has 0 unspecified atom stereocenters. The van der Waals surface area contributed by atoms with E-state index in [1.807, 2.05) is 0 Å². The van der Waals surface area contributed by atoms with E-state index < -0.39 is 16.1 Å². The fourth-order valence-corrected chi connectivity index (χ4v) is 4.70. The number of hydrogen-bond acceptors (Lipinski definition) is 5. The van der Waals surface area contributed by atoms with E-state index in [1.54, 1.807) is 73.8 Å². The Hall–Kier alpha value is -3.36. The van der Waals surface area contributed by atoms with Crippen LogP contribution < -0.4 is 14.8 Å². The second-order valence-electron chi connectivity index (χ2n) is 7.08. The number of ether oxygens (including phenoxy) is 2. The number of methoxy groups -OCH3 is 2. The topological polar surface area (TPSA) is 84.9 Å². The minimum atomic E-state index is -3.84. The van der Waals surface area contributed by atoms with Crippen LogP contribution in [0.15, 0.2) is 83.8 Å². The van der Waals surface area contributed by atoms with Gasteiger partial charge in [0, 0.05) is 13.5 Å². The molecule has 0 aliphatic heterocycles. The van der Waals surface area contributed by atoms with E-state index in [2.05, 4.69) is 5.32 Å². The third kappa shape index (κ3) is 5.27. The summed E-state index contributed by atoms with van der Waals surface area (Å²) >= 11 is 0. The van der Waals surface area contributed by atoms with Gasteiger partial charge in [-0.15, -0.1) is 0 Å². The zero-order valence-corrected chi connectivity index (χ0v) is 19.0. The van der Waals surface area contributed by atoms with Gasteiger partial charge in [0.05, 0.1) is 30.8 Å². The van der Waals surface area contributed by atoms with Crippen LogP contribution in [0.5, 0.6) is 11.5 Å². The van der Waals surface area contributed by atoms with Crippen molar-refractivity contribution in [1.29, 1.82) is 0 Å². The molecule has 0 aliphatic rings. The first-order valence-corrected chi connectivity index (χ1v) is 11.4. The van der Waals surface area contributed by atoms with E-state index in [-0.39, 0.29) is 17.2 Å². The highest BCUT2D eigenvalue weighted by molar-refractivity contribution is 7.89. The van der Waals surface area contributed by atoms with Crippen LogP contribution in [0.25, 0.3) is 0 Å². The molecule has 1 amide bonds. The van der Waals surface area contributed by atoms with E-state index in [1.165, 1.54) is 30.6 Å². The molecule has 0 aliphatic carbocycles. The van der Waals surface area contributed by atoms with Crippen molar-refractivity contribution in [2.75, 3.05) is 26.6 Å². The summed E-state index contributed by atoms with van der Waals surface area (Å²) in [6.07, 6.45) is -0.0903. The van der Waals surface area contributed by atoms with Gasteiger partial charge >= 0.3 is 0 Å². The molecule has 0 saturated carbocycles. The number of nitrogens with one attached hydrogen (secondary N) is 1. The molecule has 168 valence electrons. The van der Waals surface area contributed by atoms with E-state index in [0.717, 1.165) is 0 Å². The molecule has 7 nitrogen and oxygen atoms in total. The Bertz CT molecular complexity index is 1150. The van der Waals surface area contributed by atoms with Crippen LogP contribution in [0, 0.1) is 0 Å². The van der Waals surface area contributed by atoms with E-state index >= 15 is 0 Å². The normalized spacial score (nSPS) is 12.2. The molecule has 0 bridgehead atoms. The summed E-state index contributed by atoms with van der Waals surface area (Å²) in [7, 11) is 0.718. The van der Waals surface area contributed by atoms with Crippen LogP contribution in [0.1, 0.15) is 18.0 Å². The van der Waals surface area contributed by atoms with Gasteiger partial charge in [-0.3, -0.25) is 4.79 Å². The quantitative estimate of drug-likeness (QED) is 0.526. The van der Waals surface area contributed by atoms with Crippen molar-refractivity contribution >= 4 is 21.6 Å². The molecule has 3 aromatic carbocycles. The monoisotopic (exact) mass is 454 g/mol. The van der Waals surface area contributed by atoms with Crippen LogP contribution >= 0.6 is 0 Å². The molecule has 8 heteroatoms. The van der Waals surface area contributed by atoms with E-state index in [9.17, 15) is 13.2 Å². The van der Waals surface area contributed by atoms with Crippen LogP contribution in [0.4, 0.5) is 5.69 Å². The zero-order chi connectivity index (χ0) is 23.1. The Kier molecular flexibility index (Phi) is 7.50. The number of para-hydroxylation sites is 2. The summed E-state index contributed by atoms with van der Waals surface area (Å²) in [5.74, 6) is 0.817. The Balaban J connectivity index is 1.92. The number of nitrogens with zero attached hydrogens (tertiary/aromatic N) is 1. The number of amides is 1. The highest BCUT2D eigenvalue weighted by atomic mass is 32.2. The minimum absolute atomic E-state index is 0.0903.